The first-order chi connectivity index (χ1) is 12.6. The average molecular weight is 351 g/mol. The molecule has 0 amide bonds. The Morgan fingerprint density at radius 2 is 1.85 bits per heavy atom. The highest BCUT2D eigenvalue weighted by molar-refractivity contribution is 6.13. The van der Waals surface area contributed by atoms with Crippen LogP contribution in [0.3, 0.4) is 0 Å². The van der Waals surface area contributed by atoms with Crippen LogP contribution in [0.25, 0.3) is 0 Å². The summed E-state index contributed by atoms with van der Waals surface area (Å²) in [7, 11) is 0. The van der Waals surface area contributed by atoms with Gasteiger partial charge in [0.15, 0.2) is 5.69 Å². The Morgan fingerprint density at radius 1 is 1.08 bits per heavy atom. The maximum Gasteiger partial charge on any atom is 0.310 e. The van der Waals surface area contributed by atoms with E-state index >= 15 is 0 Å². The number of hydrogen-bond acceptors (Lipinski definition) is 3. The van der Waals surface area contributed by atoms with Gasteiger partial charge in [0.05, 0.1) is 19.1 Å². The van der Waals surface area contributed by atoms with Crippen LogP contribution in [-0.4, -0.2) is 18.5 Å². The van der Waals surface area contributed by atoms with Crippen LogP contribution in [0.15, 0.2) is 53.5 Å². The summed E-state index contributed by atoms with van der Waals surface area (Å²) >= 11 is 0. The fraction of sp³-hybridized carbons (Fsp3) is 0.381. The van der Waals surface area contributed by atoms with Gasteiger partial charge in [0.2, 0.25) is 0 Å². The molecule has 2 aliphatic heterocycles. The number of aliphatic imine (C=N–C) groups is 1. The van der Waals surface area contributed by atoms with Gasteiger partial charge in [-0.3, -0.25) is 9.55 Å². The Balaban J connectivity index is 1.59. The summed E-state index contributed by atoms with van der Waals surface area (Å²) in [6, 6.07) is 14.6. The molecule has 4 nitrogen and oxygen atoms in total. The first-order valence-corrected chi connectivity index (χ1v) is 9.44. The maximum atomic E-state index is 13.9. The standard InChI is InChI=1S/C21H22FN3O/c22-17-11-9-15(10-12-17)13-24-19-7-3-4-8-20(19)25(26)14-16-5-1-2-6-18(16)23-21(24)25/h3-4,7-12,16,18H,1-2,5-6,13-14H2. The molecule has 0 bridgehead atoms. The molecular weight excluding hydrogens is 329 g/mol. The summed E-state index contributed by atoms with van der Waals surface area (Å²) in [4.78, 5) is 7.02. The molecule has 1 aliphatic carbocycles. The van der Waals surface area contributed by atoms with Crippen LogP contribution in [0, 0.1) is 16.9 Å². The van der Waals surface area contributed by atoms with Crippen LogP contribution in [0.5, 0.6) is 0 Å². The molecule has 1 fully saturated rings. The van der Waals surface area contributed by atoms with Crippen LogP contribution in [0.1, 0.15) is 31.2 Å². The molecule has 2 aromatic rings. The van der Waals surface area contributed by atoms with Crippen LogP contribution in [0.2, 0.25) is 0 Å². The lowest BCUT2D eigenvalue weighted by Crippen LogP contribution is -2.59. The molecule has 5 rings (SSSR count). The van der Waals surface area contributed by atoms with Crippen LogP contribution < -0.4 is 9.55 Å². The topological polar surface area (TPSA) is 38.7 Å². The molecule has 5 heteroatoms. The third-order valence-electron chi connectivity index (χ3n) is 6.02. The van der Waals surface area contributed by atoms with E-state index in [2.05, 4.69) is 0 Å². The highest BCUT2D eigenvalue weighted by atomic mass is 19.1. The molecule has 2 heterocycles. The lowest BCUT2D eigenvalue weighted by Gasteiger charge is -2.46. The van der Waals surface area contributed by atoms with Crippen molar-refractivity contribution in [2.45, 2.75) is 38.3 Å². The number of quaternary nitrogens is 1. The Bertz CT molecular complexity index is 866. The van der Waals surface area contributed by atoms with E-state index in [1.54, 1.807) is 12.1 Å². The molecule has 26 heavy (non-hydrogen) atoms. The largest absolute Gasteiger partial charge is 0.619 e. The van der Waals surface area contributed by atoms with E-state index in [0.717, 1.165) is 29.8 Å². The quantitative estimate of drug-likeness (QED) is 0.587. The highest BCUT2D eigenvalue weighted by Crippen LogP contribution is 2.47. The smallest absolute Gasteiger partial charge is 0.310 e. The van der Waals surface area contributed by atoms with Crippen molar-refractivity contribution in [2.75, 3.05) is 11.4 Å². The molecule has 0 N–H and O–H groups in total. The van der Waals surface area contributed by atoms with Gasteiger partial charge in [-0.25, -0.2) is 9.38 Å². The second-order valence-electron chi connectivity index (χ2n) is 7.66. The second kappa shape index (κ2) is 5.89. The number of rotatable bonds is 2. The number of nitrogens with zero attached hydrogens (tertiary/aromatic N) is 3. The zero-order valence-corrected chi connectivity index (χ0v) is 14.6. The molecular formula is C21H22FN3O. The zero-order valence-electron chi connectivity index (χ0n) is 14.6. The number of guanidine groups is 1. The molecule has 0 spiro atoms. The Kier molecular flexibility index (Phi) is 3.62. The number of halogens is 1. The summed E-state index contributed by atoms with van der Waals surface area (Å²) < 4.78 is 12.8. The third-order valence-corrected chi connectivity index (χ3v) is 6.02. The molecule has 0 radical (unpaired) electrons. The van der Waals surface area contributed by atoms with Crippen molar-refractivity contribution in [2.24, 2.45) is 10.9 Å². The zero-order chi connectivity index (χ0) is 17.7. The van der Waals surface area contributed by atoms with Crippen molar-refractivity contribution in [3.8, 4) is 0 Å². The van der Waals surface area contributed by atoms with Gasteiger partial charge in [-0.2, -0.15) is 0 Å². The summed E-state index contributed by atoms with van der Waals surface area (Å²) in [5.41, 5.74) is 2.70. The van der Waals surface area contributed by atoms with Crippen LogP contribution >= 0.6 is 0 Å². The molecule has 3 atom stereocenters. The van der Waals surface area contributed by atoms with E-state index in [0.29, 0.717) is 25.0 Å². The fourth-order valence-electron chi connectivity index (χ4n) is 4.73. The van der Waals surface area contributed by atoms with E-state index in [9.17, 15) is 9.60 Å². The monoisotopic (exact) mass is 351 g/mol. The lowest BCUT2D eigenvalue weighted by molar-refractivity contribution is 0.251. The van der Waals surface area contributed by atoms with Crippen molar-refractivity contribution in [3.63, 3.8) is 0 Å². The summed E-state index contributed by atoms with van der Waals surface area (Å²) in [5, 5.41) is 13.9. The molecule has 3 unspecified atom stereocenters. The van der Waals surface area contributed by atoms with Gasteiger partial charge in [0.25, 0.3) is 0 Å². The van der Waals surface area contributed by atoms with Gasteiger partial charge in [0, 0.05) is 12.0 Å². The predicted octanol–water partition coefficient (Wildman–Crippen LogP) is 4.58. The first-order valence-electron chi connectivity index (χ1n) is 9.44. The van der Waals surface area contributed by atoms with Gasteiger partial charge < -0.3 is 5.21 Å². The minimum Gasteiger partial charge on any atom is -0.619 e. The number of fused-ring (bicyclic) bond motifs is 4. The molecule has 134 valence electrons. The van der Waals surface area contributed by atoms with Gasteiger partial charge in [-0.15, -0.1) is 0 Å². The molecule has 2 aromatic carbocycles. The van der Waals surface area contributed by atoms with E-state index in [4.69, 9.17) is 4.99 Å². The Labute approximate surface area is 152 Å². The summed E-state index contributed by atoms with van der Waals surface area (Å²) in [6.07, 6.45) is 4.58. The van der Waals surface area contributed by atoms with E-state index in [1.807, 2.05) is 29.2 Å². The Hall–Kier alpha value is -2.24. The number of benzene rings is 2. The molecule has 1 saturated carbocycles. The number of para-hydroxylation sites is 2. The maximum absolute atomic E-state index is 13.9. The Morgan fingerprint density at radius 3 is 2.69 bits per heavy atom. The van der Waals surface area contributed by atoms with Gasteiger partial charge in [0.1, 0.15) is 11.5 Å². The highest BCUT2D eigenvalue weighted by Gasteiger charge is 2.50. The van der Waals surface area contributed by atoms with Gasteiger partial charge >= 0.3 is 5.96 Å². The normalized spacial score (nSPS) is 29.6. The van der Waals surface area contributed by atoms with E-state index < -0.39 is 4.65 Å². The van der Waals surface area contributed by atoms with Crippen LogP contribution in [-0.2, 0) is 6.54 Å². The van der Waals surface area contributed by atoms with Crippen molar-refractivity contribution in [1.29, 1.82) is 0 Å². The van der Waals surface area contributed by atoms with Gasteiger partial charge in [-0.1, -0.05) is 37.1 Å². The number of hydrogen-bond donors (Lipinski definition) is 0. The third kappa shape index (κ3) is 2.38. The lowest BCUT2D eigenvalue weighted by atomic mass is 9.83. The fourth-order valence-corrected chi connectivity index (χ4v) is 4.73. The van der Waals surface area contributed by atoms with Crippen molar-refractivity contribution < 1.29 is 4.39 Å². The number of anilines is 1. The van der Waals surface area contributed by atoms with Crippen molar-refractivity contribution in [3.05, 3.63) is 65.1 Å². The summed E-state index contributed by atoms with van der Waals surface area (Å²) in [6.45, 7) is 1.12. The number of hydroxylamine groups is 2. The summed E-state index contributed by atoms with van der Waals surface area (Å²) in [5.74, 6) is 0.743. The van der Waals surface area contributed by atoms with Crippen molar-refractivity contribution in [1.82, 2.24) is 4.65 Å². The van der Waals surface area contributed by atoms with Crippen LogP contribution in [0.4, 0.5) is 15.8 Å². The SMILES string of the molecule is [O-][N+]12CC3CCCCC3N=C1N(Cc1ccc(F)cc1)c1ccccc12. The second-order valence-corrected chi connectivity index (χ2v) is 7.66. The van der Waals surface area contributed by atoms with Gasteiger partial charge in [-0.05, 0) is 36.6 Å². The molecule has 0 saturated heterocycles. The minimum atomic E-state index is -0.446. The average Bonchev–Trinajstić information content (AvgIpc) is 2.90. The molecule has 0 aromatic heterocycles. The predicted molar refractivity (Wildman–Crippen MR) is 102 cm³/mol. The first kappa shape index (κ1) is 16.0. The molecule has 3 aliphatic rings. The minimum absolute atomic E-state index is 0.246. The van der Waals surface area contributed by atoms with E-state index in [-0.39, 0.29) is 11.9 Å². The van der Waals surface area contributed by atoms with E-state index in [1.165, 1.54) is 25.0 Å². The van der Waals surface area contributed by atoms with Crippen molar-refractivity contribution >= 4 is 17.3 Å².